The third-order valence-corrected chi connectivity index (χ3v) is 5.92. The number of likely N-dealkylation sites (tertiary alicyclic amines) is 1. The minimum Gasteiger partial charge on any atom is -0.357 e. The molecular formula is C22H33ClIN5O2. The minimum absolute atomic E-state index is 0. The van der Waals surface area contributed by atoms with Crippen LogP contribution in [0.2, 0.25) is 5.02 Å². The fourth-order valence-corrected chi connectivity index (χ4v) is 4.19. The molecule has 7 nitrogen and oxygen atoms in total. The zero-order chi connectivity index (χ0) is 21.3. The Morgan fingerprint density at radius 2 is 1.84 bits per heavy atom. The zero-order valence-corrected chi connectivity index (χ0v) is 21.1. The molecule has 0 radical (unpaired) electrons. The van der Waals surface area contributed by atoms with E-state index in [1.54, 1.807) is 24.3 Å². The van der Waals surface area contributed by atoms with Crippen LogP contribution in [0.4, 0.5) is 0 Å². The monoisotopic (exact) mass is 561 g/mol. The Bertz CT molecular complexity index is 753. The van der Waals surface area contributed by atoms with Gasteiger partial charge < -0.3 is 20.9 Å². The highest BCUT2D eigenvalue weighted by Gasteiger charge is 2.32. The van der Waals surface area contributed by atoms with Gasteiger partial charge in [-0.15, -0.1) is 24.0 Å². The van der Waals surface area contributed by atoms with Crippen LogP contribution in [0.1, 0.15) is 49.4 Å². The molecule has 1 aliphatic carbocycles. The highest BCUT2D eigenvalue weighted by atomic mass is 127. The summed E-state index contributed by atoms with van der Waals surface area (Å²) in [6, 6.07) is 7.00. The fraction of sp³-hybridized carbons (Fsp3) is 0.591. The SMILES string of the molecule is CCNC(=NCCNC(=O)c1ccc(Cl)cc1)NC1CCN(C(=O)C2CCCC2)C1.I. The van der Waals surface area contributed by atoms with Crippen LogP contribution in [0.3, 0.4) is 0 Å². The van der Waals surface area contributed by atoms with E-state index in [1.807, 2.05) is 11.8 Å². The number of benzene rings is 1. The lowest BCUT2D eigenvalue weighted by Gasteiger charge is -2.21. The second-order valence-corrected chi connectivity index (χ2v) is 8.36. The molecule has 1 heterocycles. The van der Waals surface area contributed by atoms with Crippen LogP contribution in [0, 0.1) is 5.92 Å². The van der Waals surface area contributed by atoms with E-state index in [1.165, 1.54) is 12.8 Å². The average Bonchev–Trinajstić information content (AvgIpc) is 3.43. The van der Waals surface area contributed by atoms with E-state index in [9.17, 15) is 9.59 Å². The largest absolute Gasteiger partial charge is 0.357 e. The van der Waals surface area contributed by atoms with Crippen molar-refractivity contribution < 1.29 is 9.59 Å². The summed E-state index contributed by atoms with van der Waals surface area (Å²) in [6.07, 6.45) is 5.37. The molecule has 1 aromatic carbocycles. The molecule has 0 bridgehead atoms. The molecule has 1 aromatic rings. The van der Waals surface area contributed by atoms with Gasteiger partial charge in [0, 0.05) is 48.7 Å². The van der Waals surface area contributed by atoms with E-state index in [0.29, 0.717) is 29.6 Å². The number of hydrogen-bond acceptors (Lipinski definition) is 3. The number of carbonyl (C=O) groups excluding carboxylic acids is 2. The van der Waals surface area contributed by atoms with E-state index < -0.39 is 0 Å². The summed E-state index contributed by atoms with van der Waals surface area (Å²) in [5.41, 5.74) is 0.575. The molecule has 0 spiro atoms. The van der Waals surface area contributed by atoms with Gasteiger partial charge in [0.1, 0.15) is 0 Å². The number of nitrogens with zero attached hydrogens (tertiary/aromatic N) is 2. The van der Waals surface area contributed by atoms with Gasteiger partial charge in [-0.25, -0.2) is 0 Å². The first-order chi connectivity index (χ1) is 14.6. The number of amides is 2. The summed E-state index contributed by atoms with van der Waals surface area (Å²) in [5, 5.41) is 10.1. The van der Waals surface area contributed by atoms with Gasteiger partial charge in [-0.2, -0.15) is 0 Å². The number of rotatable bonds is 7. The Hall–Kier alpha value is -1.55. The first kappa shape index (κ1) is 25.7. The van der Waals surface area contributed by atoms with Crippen molar-refractivity contribution in [2.24, 2.45) is 10.9 Å². The molecule has 1 aliphatic heterocycles. The molecule has 31 heavy (non-hydrogen) atoms. The van der Waals surface area contributed by atoms with Crippen molar-refractivity contribution in [1.29, 1.82) is 0 Å². The minimum atomic E-state index is -0.142. The molecule has 2 fully saturated rings. The molecule has 1 atom stereocenters. The quantitative estimate of drug-likeness (QED) is 0.207. The van der Waals surface area contributed by atoms with Crippen LogP contribution in [0.15, 0.2) is 29.3 Å². The van der Waals surface area contributed by atoms with Crippen molar-refractivity contribution in [3.05, 3.63) is 34.9 Å². The normalized spacial score (nSPS) is 19.1. The van der Waals surface area contributed by atoms with Crippen molar-refractivity contribution >= 4 is 53.4 Å². The van der Waals surface area contributed by atoms with Gasteiger partial charge in [-0.05, 0) is 50.5 Å². The maximum Gasteiger partial charge on any atom is 0.251 e. The van der Waals surface area contributed by atoms with E-state index in [0.717, 1.165) is 44.9 Å². The van der Waals surface area contributed by atoms with Crippen molar-refractivity contribution in [3.8, 4) is 0 Å². The molecule has 3 N–H and O–H groups in total. The Balaban J connectivity index is 0.00000341. The predicted octanol–water partition coefficient (Wildman–Crippen LogP) is 3.03. The number of aliphatic imine (C=N–C) groups is 1. The Morgan fingerprint density at radius 3 is 2.52 bits per heavy atom. The maximum atomic E-state index is 12.6. The summed E-state index contributed by atoms with van der Waals surface area (Å²) in [4.78, 5) is 31.3. The lowest BCUT2D eigenvalue weighted by molar-refractivity contribution is -0.134. The lowest BCUT2D eigenvalue weighted by atomic mass is 10.1. The zero-order valence-electron chi connectivity index (χ0n) is 18.0. The highest BCUT2D eigenvalue weighted by Crippen LogP contribution is 2.27. The number of nitrogens with one attached hydrogen (secondary N) is 3. The van der Waals surface area contributed by atoms with Gasteiger partial charge in [0.15, 0.2) is 5.96 Å². The van der Waals surface area contributed by atoms with Crippen LogP contribution in [-0.2, 0) is 4.79 Å². The van der Waals surface area contributed by atoms with E-state index in [4.69, 9.17) is 11.6 Å². The van der Waals surface area contributed by atoms with E-state index >= 15 is 0 Å². The van der Waals surface area contributed by atoms with Gasteiger partial charge in [-0.1, -0.05) is 24.4 Å². The third-order valence-electron chi connectivity index (χ3n) is 5.66. The standard InChI is InChI=1S/C22H32ClN5O2.HI/c1-2-24-22(26-13-12-25-20(29)16-7-9-18(23)10-8-16)27-19-11-14-28(15-19)21(30)17-5-3-4-6-17;/h7-10,17,19H,2-6,11-15H2,1H3,(H,25,29)(H2,24,26,27);1H. The van der Waals surface area contributed by atoms with Crippen molar-refractivity contribution in [3.63, 3.8) is 0 Å². The topological polar surface area (TPSA) is 85.8 Å². The molecule has 9 heteroatoms. The maximum absolute atomic E-state index is 12.6. The summed E-state index contributed by atoms with van der Waals surface area (Å²) in [6.45, 7) is 5.21. The van der Waals surface area contributed by atoms with Gasteiger partial charge >= 0.3 is 0 Å². The smallest absolute Gasteiger partial charge is 0.251 e. The average molecular weight is 562 g/mol. The van der Waals surface area contributed by atoms with Gasteiger partial charge in [-0.3, -0.25) is 14.6 Å². The van der Waals surface area contributed by atoms with Crippen LogP contribution < -0.4 is 16.0 Å². The Labute approximate surface area is 206 Å². The van der Waals surface area contributed by atoms with Crippen LogP contribution >= 0.6 is 35.6 Å². The van der Waals surface area contributed by atoms with Gasteiger partial charge in [0.2, 0.25) is 5.91 Å². The summed E-state index contributed by atoms with van der Waals surface area (Å²) >= 11 is 5.85. The molecule has 172 valence electrons. The van der Waals surface area contributed by atoms with Crippen LogP contribution in [-0.4, -0.2) is 61.4 Å². The lowest BCUT2D eigenvalue weighted by Crippen LogP contribution is -2.45. The van der Waals surface area contributed by atoms with Gasteiger partial charge in [0.05, 0.1) is 6.54 Å². The fourth-order valence-electron chi connectivity index (χ4n) is 4.06. The number of halogens is 2. The highest BCUT2D eigenvalue weighted by molar-refractivity contribution is 14.0. The molecule has 1 saturated carbocycles. The first-order valence-corrected chi connectivity index (χ1v) is 11.3. The number of carbonyl (C=O) groups is 2. The third kappa shape index (κ3) is 7.82. The number of guanidine groups is 1. The van der Waals surface area contributed by atoms with Gasteiger partial charge in [0.25, 0.3) is 5.91 Å². The van der Waals surface area contributed by atoms with Crippen molar-refractivity contribution in [2.45, 2.75) is 45.1 Å². The summed E-state index contributed by atoms with van der Waals surface area (Å²) < 4.78 is 0. The molecule has 0 aromatic heterocycles. The van der Waals surface area contributed by atoms with E-state index in [2.05, 4.69) is 20.9 Å². The molecule has 2 aliphatic rings. The molecular weight excluding hydrogens is 529 g/mol. The molecule has 2 amide bonds. The summed E-state index contributed by atoms with van der Waals surface area (Å²) in [7, 11) is 0. The predicted molar refractivity (Wildman–Crippen MR) is 135 cm³/mol. The Kier molecular flexibility index (Phi) is 10.9. The van der Waals surface area contributed by atoms with Crippen molar-refractivity contribution in [2.75, 3.05) is 32.7 Å². The first-order valence-electron chi connectivity index (χ1n) is 10.9. The van der Waals surface area contributed by atoms with Crippen molar-refractivity contribution in [1.82, 2.24) is 20.9 Å². The van der Waals surface area contributed by atoms with E-state index in [-0.39, 0.29) is 41.8 Å². The summed E-state index contributed by atoms with van der Waals surface area (Å²) in [5.74, 6) is 1.13. The second-order valence-electron chi connectivity index (χ2n) is 7.92. The number of hydrogen-bond donors (Lipinski definition) is 3. The second kappa shape index (κ2) is 13.1. The Morgan fingerprint density at radius 1 is 1.13 bits per heavy atom. The van der Waals surface area contributed by atoms with Crippen LogP contribution in [0.5, 0.6) is 0 Å². The molecule has 3 rings (SSSR count). The molecule has 1 saturated heterocycles. The molecule has 1 unspecified atom stereocenters. The van der Waals surface area contributed by atoms with Crippen LogP contribution in [0.25, 0.3) is 0 Å².